The lowest BCUT2D eigenvalue weighted by molar-refractivity contribution is -0.104. The van der Waals surface area contributed by atoms with Crippen LogP contribution in [0.15, 0.2) is 42.0 Å². The van der Waals surface area contributed by atoms with Crippen LogP contribution in [-0.4, -0.2) is 21.9 Å². The Bertz CT molecular complexity index is 990. The van der Waals surface area contributed by atoms with Crippen LogP contribution in [0.3, 0.4) is 0 Å². The summed E-state index contributed by atoms with van der Waals surface area (Å²) in [6.45, 7) is 6.21. The Kier molecular flexibility index (Phi) is 4.33. The second-order valence-corrected chi connectivity index (χ2v) is 11.6. The predicted molar refractivity (Wildman–Crippen MR) is 127 cm³/mol. The molecule has 1 aromatic carbocycles. The van der Waals surface area contributed by atoms with Crippen LogP contribution in [0.5, 0.6) is 0 Å². The standard InChI is InChI=1S/C29H42O2/c1-27-16-14-22(30)19-21(27)9-10-23-24-11-12-26(28(24,2)17-15-25(23)27)29(3,31)18-13-20-7-5-4-6-8-20/h4-9,22-26,30-31H,10-19H2,1-3H3/t22-,23-,24-,25-,26-,27-,28-,29+/m0/s1/i13D2,18D2. The quantitative estimate of drug-likeness (QED) is 0.554. The smallest absolute Gasteiger partial charge is 0.0656 e. The van der Waals surface area contributed by atoms with Gasteiger partial charge in [-0.1, -0.05) is 55.8 Å². The molecule has 0 unspecified atom stereocenters. The third kappa shape index (κ3) is 3.53. The van der Waals surface area contributed by atoms with Gasteiger partial charge in [0.2, 0.25) is 0 Å². The minimum Gasteiger partial charge on any atom is -0.393 e. The molecular formula is C29H42O2. The van der Waals surface area contributed by atoms with Crippen LogP contribution in [0.1, 0.15) is 89.6 Å². The van der Waals surface area contributed by atoms with Gasteiger partial charge in [-0.25, -0.2) is 0 Å². The summed E-state index contributed by atoms with van der Waals surface area (Å²) in [7, 11) is 0. The number of aliphatic hydroxyl groups excluding tert-OH is 1. The highest BCUT2D eigenvalue weighted by molar-refractivity contribution is 5.26. The fourth-order valence-electron chi connectivity index (χ4n) is 8.37. The van der Waals surface area contributed by atoms with E-state index in [2.05, 4.69) is 19.9 Å². The Morgan fingerprint density at radius 3 is 2.61 bits per heavy atom. The van der Waals surface area contributed by atoms with E-state index in [9.17, 15) is 10.2 Å². The maximum absolute atomic E-state index is 12.0. The normalized spacial score (nSPS) is 46.7. The van der Waals surface area contributed by atoms with Gasteiger partial charge in [0.15, 0.2) is 0 Å². The molecule has 1 aromatic rings. The molecule has 0 spiro atoms. The first-order chi connectivity index (χ1) is 16.3. The van der Waals surface area contributed by atoms with Crippen LogP contribution in [0.25, 0.3) is 0 Å². The van der Waals surface area contributed by atoms with Crippen molar-refractivity contribution >= 4 is 0 Å². The van der Waals surface area contributed by atoms with Crippen molar-refractivity contribution in [1.29, 1.82) is 0 Å². The van der Waals surface area contributed by atoms with E-state index >= 15 is 0 Å². The molecule has 0 amide bonds. The van der Waals surface area contributed by atoms with Gasteiger partial charge in [0, 0.05) is 5.48 Å². The summed E-state index contributed by atoms with van der Waals surface area (Å²) in [5.74, 6) is 1.18. The van der Waals surface area contributed by atoms with Crippen LogP contribution < -0.4 is 0 Å². The minimum atomic E-state index is -2.45. The largest absolute Gasteiger partial charge is 0.393 e. The van der Waals surface area contributed by atoms with Crippen LogP contribution in [0.2, 0.25) is 0 Å². The molecule has 0 aliphatic heterocycles. The Balaban J connectivity index is 1.45. The van der Waals surface area contributed by atoms with Crippen molar-refractivity contribution in [1.82, 2.24) is 0 Å². The topological polar surface area (TPSA) is 40.5 Å². The van der Waals surface area contributed by atoms with Crippen LogP contribution in [0, 0.1) is 34.5 Å². The molecule has 0 heterocycles. The number of hydrogen-bond donors (Lipinski definition) is 2. The lowest BCUT2D eigenvalue weighted by Gasteiger charge is -2.59. The minimum absolute atomic E-state index is 0.142. The summed E-state index contributed by atoms with van der Waals surface area (Å²) < 4.78 is 35.5. The lowest BCUT2D eigenvalue weighted by atomic mass is 9.46. The molecular weight excluding hydrogens is 380 g/mol. The Morgan fingerprint density at radius 1 is 1.06 bits per heavy atom. The number of allylic oxidation sites excluding steroid dienone is 1. The highest BCUT2D eigenvalue weighted by atomic mass is 16.3. The Morgan fingerprint density at radius 2 is 1.84 bits per heavy atom. The fraction of sp³-hybridized carbons (Fsp3) is 0.724. The van der Waals surface area contributed by atoms with E-state index in [1.165, 1.54) is 5.57 Å². The first-order valence-electron chi connectivity index (χ1n) is 14.4. The summed E-state index contributed by atoms with van der Waals surface area (Å²) in [5, 5.41) is 22.2. The number of benzene rings is 1. The monoisotopic (exact) mass is 426 g/mol. The summed E-state index contributed by atoms with van der Waals surface area (Å²) in [6, 6.07) is 8.48. The molecule has 2 N–H and O–H groups in total. The summed E-state index contributed by atoms with van der Waals surface area (Å²) in [6.07, 6.45) is 4.81. The van der Waals surface area contributed by atoms with Crippen molar-refractivity contribution < 1.29 is 15.7 Å². The van der Waals surface area contributed by atoms with E-state index < -0.39 is 18.3 Å². The summed E-state index contributed by atoms with van der Waals surface area (Å²) in [5.41, 5.74) is -0.178. The fourth-order valence-corrected chi connectivity index (χ4v) is 8.37. The van der Waals surface area contributed by atoms with Gasteiger partial charge in [0.1, 0.15) is 0 Å². The van der Waals surface area contributed by atoms with Crippen LogP contribution in [0.4, 0.5) is 0 Å². The molecule has 5 rings (SSSR count). The molecule has 3 fully saturated rings. The van der Waals surface area contributed by atoms with E-state index in [1.54, 1.807) is 37.3 Å². The molecule has 2 nitrogen and oxygen atoms in total. The zero-order valence-electron chi connectivity index (χ0n) is 23.4. The first-order valence-corrected chi connectivity index (χ1v) is 12.4. The van der Waals surface area contributed by atoms with Gasteiger partial charge >= 0.3 is 0 Å². The van der Waals surface area contributed by atoms with Crippen molar-refractivity contribution in [3.8, 4) is 0 Å². The summed E-state index contributed by atoms with van der Waals surface area (Å²) in [4.78, 5) is 0. The van der Waals surface area contributed by atoms with Gasteiger partial charge in [0.25, 0.3) is 0 Å². The van der Waals surface area contributed by atoms with Crippen molar-refractivity contribution in [2.75, 3.05) is 0 Å². The van der Waals surface area contributed by atoms with E-state index in [4.69, 9.17) is 5.48 Å². The van der Waals surface area contributed by atoms with Crippen molar-refractivity contribution in [3.05, 3.63) is 47.5 Å². The van der Waals surface area contributed by atoms with E-state index in [1.807, 2.05) is 0 Å². The molecule has 0 saturated heterocycles. The molecule has 2 heteroatoms. The Labute approximate surface area is 194 Å². The van der Waals surface area contributed by atoms with Gasteiger partial charge in [-0.15, -0.1) is 0 Å². The number of hydrogen-bond acceptors (Lipinski definition) is 2. The number of fused-ring (bicyclic) bond motifs is 5. The zero-order valence-corrected chi connectivity index (χ0v) is 19.4. The highest BCUT2D eigenvalue weighted by Crippen LogP contribution is 2.67. The molecule has 4 aliphatic carbocycles. The van der Waals surface area contributed by atoms with Gasteiger partial charge < -0.3 is 10.2 Å². The third-order valence-corrected chi connectivity index (χ3v) is 9.99. The SMILES string of the molecule is [2H]C([2H])(c1ccccc1)C([2H])([2H])[C@@](C)(O)[C@H]1CC[C@H]2[C@@H]3CC=C4C[C@@H](O)CC[C@]4(C)[C@H]3CC[C@@]21C. The molecule has 3 saturated carbocycles. The second kappa shape index (κ2) is 7.73. The van der Waals surface area contributed by atoms with Crippen LogP contribution >= 0.6 is 0 Å². The predicted octanol–water partition coefficient (Wildman–Crippen LogP) is 6.31. The van der Waals surface area contributed by atoms with Gasteiger partial charge in [0.05, 0.1) is 11.7 Å². The average Bonchev–Trinajstić information content (AvgIpc) is 3.18. The van der Waals surface area contributed by atoms with Gasteiger partial charge in [-0.3, -0.25) is 0 Å². The number of aliphatic hydroxyl groups is 2. The molecule has 170 valence electrons. The molecule has 0 bridgehead atoms. The molecule has 8 atom stereocenters. The van der Waals surface area contributed by atoms with Crippen molar-refractivity contribution in [2.45, 2.75) is 96.6 Å². The second-order valence-electron chi connectivity index (χ2n) is 11.6. The highest BCUT2D eigenvalue weighted by Gasteiger charge is 2.61. The molecule has 0 aromatic heterocycles. The summed E-state index contributed by atoms with van der Waals surface area (Å²) >= 11 is 0. The molecule has 0 radical (unpaired) electrons. The van der Waals surface area contributed by atoms with Crippen molar-refractivity contribution in [2.24, 2.45) is 34.5 Å². The maximum atomic E-state index is 12.0. The van der Waals surface area contributed by atoms with Gasteiger partial charge in [-0.05, 0) is 111 Å². The van der Waals surface area contributed by atoms with Crippen molar-refractivity contribution in [3.63, 3.8) is 0 Å². The Hall–Kier alpha value is -1.12. The van der Waals surface area contributed by atoms with E-state index in [-0.39, 0.29) is 28.4 Å². The lowest BCUT2D eigenvalue weighted by Crippen LogP contribution is -2.53. The average molecular weight is 427 g/mol. The number of aryl methyl sites for hydroxylation is 1. The molecule has 31 heavy (non-hydrogen) atoms. The van der Waals surface area contributed by atoms with E-state index in [0.717, 1.165) is 51.4 Å². The molecule has 4 aliphatic rings. The van der Waals surface area contributed by atoms with Gasteiger partial charge in [-0.2, -0.15) is 0 Å². The van der Waals surface area contributed by atoms with E-state index in [0.29, 0.717) is 17.8 Å². The maximum Gasteiger partial charge on any atom is 0.0656 e. The van der Waals surface area contributed by atoms with Crippen LogP contribution in [-0.2, 0) is 6.37 Å². The number of rotatable bonds is 4. The third-order valence-electron chi connectivity index (χ3n) is 9.99. The first kappa shape index (κ1) is 17.4. The zero-order chi connectivity index (χ0) is 25.4.